The minimum atomic E-state index is 0.316. The van der Waals surface area contributed by atoms with Crippen LogP contribution in [0.25, 0.3) is 0 Å². The number of hydrogen-bond acceptors (Lipinski definition) is 2. The Morgan fingerprint density at radius 2 is 1.29 bits per heavy atom. The maximum Gasteiger partial charge on any atom is 0.115 e. The summed E-state index contributed by atoms with van der Waals surface area (Å²) < 4.78 is 0. The minimum absolute atomic E-state index is 0.316. The Bertz CT molecular complexity index is 471. The molecule has 0 heterocycles. The third kappa shape index (κ3) is 3.00. The van der Waals surface area contributed by atoms with E-state index in [1.54, 1.807) is 12.1 Å². The standard InChI is InChI=1S/C15H17NO/c1-16(2)14-7-3-12(4-8-14)11-13-5-9-15(17)10-6-13/h3-10,17H,11H2,1-2H3. The van der Waals surface area contributed by atoms with Crippen LogP contribution in [0.3, 0.4) is 0 Å². The second kappa shape index (κ2) is 4.91. The molecule has 0 unspecified atom stereocenters. The molecule has 2 nitrogen and oxygen atoms in total. The van der Waals surface area contributed by atoms with Crippen LogP contribution in [0.5, 0.6) is 5.75 Å². The molecule has 0 saturated heterocycles. The molecule has 2 heteroatoms. The predicted octanol–water partition coefficient (Wildman–Crippen LogP) is 3.05. The Kier molecular flexibility index (Phi) is 3.33. The molecule has 17 heavy (non-hydrogen) atoms. The van der Waals surface area contributed by atoms with Gasteiger partial charge in [0.05, 0.1) is 0 Å². The quantitative estimate of drug-likeness (QED) is 0.871. The highest BCUT2D eigenvalue weighted by molar-refractivity contribution is 5.46. The average Bonchev–Trinajstić information content (AvgIpc) is 2.33. The molecule has 0 aliphatic rings. The lowest BCUT2D eigenvalue weighted by Crippen LogP contribution is -2.08. The minimum Gasteiger partial charge on any atom is -0.508 e. The highest BCUT2D eigenvalue weighted by Gasteiger charge is 1.98. The van der Waals surface area contributed by atoms with Gasteiger partial charge in [0.1, 0.15) is 5.75 Å². The molecule has 0 aliphatic heterocycles. The van der Waals surface area contributed by atoms with E-state index in [0.717, 1.165) is 6.42 Å². The van der Waals surface area contributed by atoms with E-state index in [2.05, 4.69) is 29.2 Å². The lowest BCUT2D eigenvalue weighted by atomic mass is 10.0. The van der Waals surface area contributed by atoms with Gasteiger partial charge in [0.2, 0.25) is 0 Å². The van der Waals surface area contributed by atoms with Gasteiger partial charge in [-0.3, -0.25) is 0 Å². The third-order valence-corrected chi connectivity index (χ3v) is 2.80. The molecule has 1 N–H and O–H groups in total. The molecular weight excluding hydrogens is 210 g/mol. The van der Waals surface area contributed by atoms with Crippen molar-refractivity contribution in [2.75, 3.05) is 19.0 Å². The Morgan fingerprint density at radius 1 is 0.824 bits per heavy atom. The maximum absolute atomic E-state index is 9.21. The zero-order valence-corrected chi connectivity index (χ0v) is 10.2. The van der Waals surface area contributed by atoms with Crippen molar-refractivity contribution >= 4 is 5.69 Å². The van der Waals surface area contributed by atoms with E-state index < -0.39 is 0 Å². The summed E-state index contributed by atoms with van der Waals surface area (Å²) in [6, 6.07) is 15.9. The molecule has 0 bridgehead atoms. The molecule has 0 radical (unpaired) electrons. The van der Waals surface area contributed by atoms with E-state index in [0.29, 0.717) is 5.75 Å². The number of aromatic hydroxyl groups is 1. The number of hydrogen-bond donors (Lipinski definition) is 1. The first kappa shape index (κ1) is 11.5. The van der Waals surface area contributed by atoms with Crippen molar-refractivity contribution in [1.82, 2.24) is 0 Å². The highest BCUT2D eigenvalue weighted by atomic mass is 16.3. The first-order valence-corrected chi connectivity index (χ1v) is 5.69. The van der Waals surface area contributed by atoms with E-state index >= 15 is 0 Å². The van der Waals surface area contributed by atoms with Crippen molar-refractivity contribution in [3.05, 3.63) is 59.7 Å². The van der Waals surface area contributed by atoms with E-state index in [4.69, 9.17) is 0 Å². The fraction of sp³-hybridized carbons (Fsp3) is 0.200. The summed E-state index contributed by atoms with van der Waals surface area (Å²) in [5.74, 6) is 0.316. The maximum atomic E-state index is 9.21. The van der Waals surface area contributed by atoms with Crippen LogP contribution in [-0.4, -0.2) is 19.2 Å². The number of phenols is 1. The molecule has 0 aromatic heterocycles. The zero-order chi connectivity index (χ0) is 12.3. The predicted molar refractivity (Wildman–Crippen MR) is 71.7 cm³/mol. The molecule has 0 atom stereocenters. The number of nitrogens with zero attached hydrogens (tertiary/aromatic N) is 1. The van der Waals surface area contributed by atoms with Crippen LogP contribution in [0.1, 0.15) is 11.1 Å². The van der Waals surface area contributed by atoms with Gasteiger partial charge >= 0.3 is 0 Å². The van der Waals surface area contributed by atoms with Crippen LogP contribution < -0.4 is 4.90 Å². The van der Waals surface area contributed by atoms with Crippen molar-refractivity contribution in [3.8, 4) is 5.75 Å². The third-order valence-electron chi connectivity index (χ3n) is 2.80. The monoisotopic (exact) mass is 227 g/mol. The number of phenolic OH excluding ortho intramolecular Hbond substituents is 1. The summed E-state index contributed by atoms with van der Waals surface area (Å²) in [6.07, 6.45) is 0.897. The Balaban J connectivity index is 2.11. The largest absolute Gasteiger partial charge is 0.508 e. The van der Waals surface area contributed by atoms with Crippen molar-refractivity contribution in [2.45, 2.75) is 6.42 Å². The van der Waals surface area contributed by atoms with Crippen LogP contribution in [0.15, 0.2) is 48.5 Å². The van der Waals surface area contributed by atoms with Crippen molar-refractivity contribution in [3.63, 3.8) is 0 Å². The normalized spacial score (nSPS) is 10.2. The number of rotatable bonds is 3. The number of anilines is 1. The Labute approximate surface area is 102 Å². The molecule has 0 spiro atoms. The fourth-order valence-electron chi connectivity index (χ4n) is 1.76. The van der Waals surface area contributed by atoms with Crippen LogP contribution in [0.4, 0.5) is 5.69 Å². The lowest BCUT2D eigenvalue weighted by Gasteiger charge is -2.12. The van der Waals surface area contributed by atoms with E-state index in [1.807, 2.05) is 26.2 Å². The molecule has 0 saturated carbocycles. The smallest absolute Gasteiger partial charge is 0.115 e. The van der Waals surface area contributed by atoms with Crippen LogP contribution in [-0.2, 0) is 6.42 Å². The van der Waals surface area contributed by atoms with Gasteiger partial charge in [0.15, 0.2) is 0 Å². The molecule has 2 rings (SSSR count). The molecule has 2 aromatic rings. The van der Waals surface area contributed by atoms with Crippen molar-refractivity contribution in [1.29, 1.82) is 0 Å². The molecule has 88 valence electrons. The molecule has 0 fully saturated rings. The SMILES string of the molecule is CN(C)c1ccc(Cc2ccc(O)cc2)cc1. The van der Waals surface area contributed by atoms with Gasteiger partial charge in [0, 0.05) is 19.8 Å². The van der Waals surface area contributed by atoms with Crippen LogP contribution >= 0.6 is 0 Å². The van der Waals surface area contributed by atoms with Gasteiger partial charge in [-0.25, -0.2) is 0 Å². The molecule has 0 amide bonds. The van der Waals surface area contributed by atoms with E-state index in [9.17, 15) is 5.11 Å². The Hall–Kier alpha value is -1.96. The van der Waals surface area contributed by atoms with Crippen molar-refractivity contribution < 1.29 is 5.11 Å². The second-order valence-corrected chi connectivity index (χ2v) is 4.40. The Morgan fingerprint density at radius 3 is 1.76 bits per heavy atom. The summed E-state index contributed by atoms with van der Waals surface area (Å²) in [7, 11) is 4.07. The topological polar surface area (TPSA) is 23.5 Å². The zero-order valence-electron chi connectivity index (χ0n) is 10.2. The summed E-state index contributed by atoms with van der Waals surface area (Å²) in [5.41, 5.74) is 3.70. The first-order valence-electron chi connectivity index (χ1n) is 5.69. The summed E-state index contributed by atoms with van der Waals surface area (Å²) in [5, 5.41) is 9.21. The second-order valence-electron chi connectivity index (χ2n) is 4.40. The first-order chi connectivity index (χ1) is 8.15. The number of benzene rings is 2. The summed E-state index contributed by atoms with van der Waals surface area (Å²) >= 11 is 0. The van der Waals surface area contributed by atoms with Crippen molar-refractivity contribution in [2.24, 2.45) is 0 Å². The summed E-state index contributed by atoms with van der Waals surface area (Å²) in [6.45, 7) is 0. The van der Waals surface area contributed by atoms with Crippen LogP contribution in [0.2, 0.25) is 0 Å². The molecule has 2 aromatic carbocycles. The molecule has 0 aliphatic carbocycles. The summed E-state index contributed by atoms with van der Waals surface area (Å²) in [4.78, 5) is 2.09. The van der Waals surface area contributed by atoms with Crippen LogP contribution in [0, 0.1) is 0 Å². The van der Waals surface area contributed by atoms with Gasteiger partial charge in [0.25, 0.3) is 0 Å². The van der Waals surface area contributed by atoms with Gasteiger partial charge in [-0.2, -0.15) is 0 Å². The molecular formula is C15H17NO. The fourth-order valence-corrected chi connectivity index (χ4v) is 1.76. The van der Waals surface area contributed by atoms with E-state index in [-0.39, 0.29) is 0 Å². The average molecular weight is 227 g/mol. The lowest BCUT2D eigenvalue weighted by molar-refractivity contribution is 0.475. The van der Waals surface area contributed by atoms with Gasteiger partial charge in [-0.15, -0.1) is 0 Å². The highest BCUT2D eigenvalue weighted by Crippen LogP contribution is 2.17. The van der Waals surface area contributed by atoms with E-state index in [1.165, 1.54) is 16.8 Å². The van der Waals surface area contributed by atoms with Gasteiger partial charge in [-0.1, -0.05) is 24.3 Å². The van der Waals surface area contributed by atoms with Gasteiger partial charge in [-0.05, 0) is 41.8 Å². The van der Waals surface area contributed by atoms with Gasteiger partial charge < -0.3 is 10.0 Å².